The Morgan fingerprint density at radius 1 is 1.04 bits per heavy atom. The Morgan fingerprint density at radius 3 is 1.83 bits per heavy atom. The Morgan fingerprint density at radius 2 is 1.50 bits per heavy atom. The number of carbonyl (C=O) groups excluding carboxylic acids is 1. The molecule has 24 heavy (non-hydrogen) atoms. The lowest BCUT2D eigenvalue weighted by molar-refractivity contribution is -0.155. The maximum absolute atomic E-state index is 13.2. The van der Waals surface area contributed by atoms with Crippen molar-refractivity contribution in [2.45, 2.75) is 40.4 Å². The van der Waals surface area contributed by atoms with Crippen molar-refractivity contribution in [3.8, 4) is 0 Å². The normalized spacial score (nSPS) is 16.6. The van der Waals surface area contributed by atoms with Gasteiger partial charge in [0, 0.05) is 6.42 Å². The van der Waals surface area contributed by atoms with Crippen LogP contribution in [0.3, 0.4) is 0 Å². The molecule has 0 spiro atoms. The van der Waals surface area contributed by atoms with E-state index in [9.17, 15) is 43.9 Å². The highest BCUT2D eigenvalue weighted by Gasteiger charge is 2.58. The van der Waals surface area contributed by atoms with Crippen molar-refractivity contribution in [3.63, 3.8) is 0 Å². The molecule has 0 bridgehead atoms. The Labute approximate surface area is 145 Å². The van der Waals surface area contributed by atoms with Crippen LogP contribution >= 0.6 is 27.5 Å². The van der Waals surface area contributed by atoms with Gasteiger partial charge in [-0.05, 0) is 22.4 Å². The van der Waals surface area contributed by atoms with Crippen molar-refractivity contribution in [1.82, 2.24) is 0 Å². The predicted molar refractivity (Wildman–Crippen MR) is 73.1 cm³/mol. The first kappa shape index (κ1) is 23.7. The second-order valence-corrected chi connectivity index (χ2v) is 8.81. The molecule has 0 fully saturated rings. The largest absolute Gasteiger partial charge is 0.467 e. The van der Waals surface area contributed by atoms with Gasteiger partial charge in [0.1, 0.15) is 0 Å². The third-order valence-electron chi connectivity index (χ3n) is 2.81. The quantitative estimate of drug-likeness (QED) is 0.304. The van der Waals surface area contributed by atoms with E-state index in [0.29, 0.717) is 7.11 Å². The fourth-order valence-electron chi connectivity index (χ4n) is 1.41. The molecule has 0 amide bonds. The Bertz CT molecular complexity index is 561. The molecule has 0 aliphatic carbocycles. The SMILES string of the molecule is COC(=O)C(Cl)(CCC(F)(F)C(F)(F)Br)S(=O)(=O)CCC(F)(F)F. The molecule has 0 rings (SSSR count). The minimum Gasteiger partial charge on any atom is -0.467 e. The molecule has 0 aromatic rings. The van der Waals surface area contributed by atoms with Crippen molar-refractivity contribution in [2.24, 2.45) is 0 Å². The van der Waals surface area contributed by atoms with Crippen LogP contribution in [0.25, 0.3) is 0 Å². The number of hydrogen-bond acceptors (Lipinski definition) is 4. The minimum absolute atomic E-state index is 0.607. The summed E-state index contributed by atoms with van der Waals surface area (Å²) in [6.07, 6.45) is -10.3. The van der Waals surface area contributed by atoms with Gasteiger partial charge in [-0.2, -0.15) is 30.7 Å². The molecule has 1 atom stereocenters. The summed E-state index contributed by atoms with van der Waals surface area (Å²) in [5, 5.41) is 0. The van der Waals surface area contributed by atoms with Crippen LogP contribution in [-0.4, -0.2) is 48.4 Å². The van der Waals surface area contributed by atoms with Gasteiger partial charge in [-0.1, -0.05) is 11.6 Å². The molecule has 0 aliphatic heterocycles. The van der Waals surface area contributed by atoms with E-state index in [-0.39, 0.29) is 0 Å². The van der Waals surface area contributed by atoms with Crippen molar-refractivity contribution < 1.29 is 48.7 Å². The summed E-state index contributed by atoms with van der Waals surface area (Å²) < 4.78 is 113. The van der Waals surface area contributed by atoms with E-state index < -0.39 is 62.0 Å². The molecule has 0 aliphatic rings. The van der Waals surface area contributed by atoms with E-state index in [1.807, 2.05) is 0 Å². The first-order valence-corrected chi connectivity index (χ1v) is 8.73. The van der Waals surface area contributed by atoms with Crippen LogP contribution in [0.1, 0.15) is 19.3 Å². The number of esters is 1. The van der Waals surface area contributed by atoms with E-state index in [1.165, 1.54) is 15.9 Å². The Balaban J connectivity index is 5.56. The van der Waals surface area contributed by atoms with Crippen LogP contribution in [0, 0.1) is 0 Å². The zero-order valence-electron chi connectivity index (χ0n) is 11.8. The molecule has 0 saturated carbocycles. The number of rotatable bonds is 8. The van der Waals surface area contributed by atoms with Gasteiger partial charge in [0.2, 0.25) is 4.21 Å². The highest BCUT2D eigenvalue weighted by molar-refractivity contribution is 9.10. The first-order chi connectivity index (χ1) is 10.4. The minimum atomic E-state index is -5.16. The van der Waals surface area contributed by atoms with Crippen molar-refractivity contribution in [3.05, 3.63) is 0 Å². The van der Waals surface area contributed by atoms with Crippen LogP contribution in [-0.2, 0) is 19.4 Å². The standard InChI is InChI=1S/C10H11BrClF7O4S/c1-23-6(20)7(12,2-3-8(13,14)10(11,18)19)24(21,22)5-4-9(15,16)17/h2-5H2,1H3. The van der Waals surface area contributed by atoms with Crippen LogP contribution in [0.2, 0.25) is 0 Å². The summed E-state index contributed by atoms with van der Waals surface area (Å²) in [5.41, 5.74) is 0. The van der Waals surface area contributed by atoms with Gasteiger partial charge < -0.3 is 4.74 Å². The molecule has 1 unspecified atom stereocenters. The number of alkyl halides is 9. The van der Waals surface area contributed by atoms with E-state index in [0.717, 1.165) is 0 Å². The lowest BCUT2D eigenvalue weighted by Gasteiger charge is -2.28. The number of halogens is 9. The van der Waals surface area contributed by atoms with Gasteiger partial charge in [0.25, 0.3) is 0 Å². The Hall–Kier alpha value is -0.300. The first-order valence-electron chi connectivity index (χ1n) is 5.90. The molecule has 0 saturated heterocycles. The number of carbonyl (C=O) groups is 1. The molecular weight excluding hydrogens is 465 g/mol. The average molecular weight is 476 g/mol. The van der Waals surface area contributed by atoms with Crippen LogP contribution in [0.15, 0.2) is 0 Å². The smallest absolute Gasteiger partial charge is 0.390 e. The van der Waals surface area contributed by atoms with E-state index in [2.05, 4.69) is 4.74 Å². The number of sulfone groups is 1. The zero-order chi connectivity index (χ0) is 19.6. The molecule has 0 heterocycles. The number of methoxy groups -OCH3 is 1. The monoisotopic (exact) mass is 474 g/mol. The van der Waals surface area contributed by atoms with E-state index in [4.69, 9.17) is 11.6 Å². The molecule has 4 nitrogen and oxygen atoms in total. The maximum atomic E-state index is 13.2. The summed E-state index contributed by atoms with van der Waals surface area (Å²) >= 11 is 6.83. The zero-order valence-corrected chi connectivity index (χ0v) is 14.9. The molecule has 0 radical (unpaired) electrons. The van der Waals surface area contributed by atoms with E-state index >= 15 is 0 Å². The fourth-order valence-corrected chi connectivity index (χ4v) is 3.58. The van der Waals surface area contributed by atoms with Gasteiger partial charge >= 0.3 is 22.9 Å². The van der Waals surface area contributed by atoms with Gasteiger partial charge in [-0.15, -0.1) is 0 Å². The summed E-state index contributed by atoms with van der Waals surface area (Å²) in [6.45, 7) is 0. The molecule has 0 aromatic carbocycles. The lowest BCUT2D eigenvalue weighted by Crippen LogP contribution is -2.46. The van der Waals surface area contributed by atoms with Crippen molar-refractivity contribution in [2.75, 3.05) is 12.9 Å². The third-order valence-corrected chi connectivity index (χ3v) is 6.54. The molecule has 144 valence electrons. The number of ether oxygens (including phenoxy) is 1. The molecule has 0 aromatic heterocycles. The van der Waals surface area contributed by atoms with Gasteiger partial charge in [-0.3, -0.25) is 0 Å². The second-order valence-electron chi connectivity index (χ2n) is 4.61. The van der Waals surface area contributed by atoms with Crippen molar-refractivity contribution in [1.29, 1.82) is 0 Å². The topological polar surface area (TPSA) is 60.4 Å². The summed E-state index contributed by atoms with van der Waals surface area (Å²) in [6, 6.07) is 0. The molecule has 14 heteroatoms. The Kier molecular flexibility index (Phi) is 7.43. The van der Waals surface area contributed by atoms with Crippen LogP contribution in [0.4, 0.5) is 30.7 Å². The molecular formula is C10H11BrClF7O4S. The maximum Gasteiger partial charge on any atom is 0.390 e. The highest BCUT2D eigenvalue weighted by Crippen LogP contribution is 2.45. The fraction of sp³-hybridized carbons (Fsp3) is 0.900. The average Bonchev–Trinajstić information content (AvgIpc) is 2.39. The third kappa shape index (κ3) is 5.90. The lowest BCUT2D eigenvalue weighted by atomic mass is 10.1. The number of hydrogen-bond donors (Lipinski definition) is 0. The van der Waals surface area contributed by atoms with Crippen LogP contribution in [0.5, 0.6) is 0 Å². The van der Waals surface area contributed by atoms with Crippen molar-refractivity contribution >= 4 is 43.3 Å². The summed E-state index contributed by atoms with van der Waals surface area (Å²) in [5.74, 6) is -8.37. The summed E-state index contributed by atoms with van der Waals surface area (Å²) in [4.78, 5) is 6.77. The van der Waals surface area contributed by atoms with E-state index in [1.54, 1.807) is 0 Å². The van der Waals surface area contributed by atoms with Gasteiger partial charge in [-0.25, -0.2) is 13.2 Å². The van der Waals surface area contributed by atoms with Gasteiger partial charge in [0.05, 0.1) is 19.3 Å². The predicted octanol–water partition coefficient (Wildman–Crippen LogP) is 3.86. The summed E-state index contributed by atoms with van der Waals surface area (Å²) in [7, 11) is -4.55. The van der Waals surface area contributed by atoms with Crippen LogP contribution < -0.4 is 0 Å². The second kappa shape index (κ2) is 7.52. The highest BCUT2D eigenvalue weighted by atomic mass is 79.9. The van der Waals surface area contributed by atoms with Gasteiger partial charge in [0.15, 0.2) is 9.84 Å². The molecule has 0 N–H and O–H groups in total.